The van der Waals surface area contributed by atoms with Crippen LogP contribution in [0.1, 0.15) is 28.9 Å². The first kappa shape index (κ1) is 21.0. The summed E-state index contributed by atoms with van der Waals surface area (Å²) >= 11 is 0. The normalized spacial score (nSPS) is 16.2. The van der Waals surface area contributed by atoms with Crippen molar-refractivity contribution in [2.75, 3.05) is 18.0 Å². The Morgan fingerprint density at radius 3 is 2.67 bits per heavy atom. The lowest BCUT2D eigenvalue weighted by Crippen LogP contribution is -2.44. The molecule has 4 aromatic rings. The molecule has 1 aliphatic rings. The molecule has 5 heteroatoms. The summed E-state index contributed by atoms with van der Waals surface area (Å²) in [5.41, 5.74) is 3.32. The first-order valence-electron chi connectivity index (χ1n) is 11.2. The van der Waals surface area contributed by atoms with Crippen molar-refractivity contribution in [2.45, 2.75) is 19.1 Å². The lowest BCUT2D eigenvalue weighted by Gasteiger charge is -2.37. The van der Waals surface area contributed by atoms with Gasteiger partial charge in [-0.05, 0) is 53.6 Å². The molecule has 1 heterocycles. The van der Waals surface area contributed by atoms with Crippen LogP contribution < -0.4 is 15.0 Å². The van der Waals surface area contributed by atoms with Crippen LogP contribution in [0.3, 0.4) is 0 Å². The zero-order valence-corrected chi connectivity index (χ0v) is 18.4. The summed E-state index contributed by atoms with van der Waals surface area (Å²) in [4.78, 5) is 13.6. The summed E-state index contributed by atoms with van der Waals surface area (Å²) in [7, 11) is 0. The van der Waals surface area contributed by atoms with Crippen LogP contribution in [0.25, 0.3) is 10.8 Å². The number of ether oxygens (including phenoxy) is 1. The molecule has 166 valence electrons. The predicted octanol–water partition coefficient (Wildman–Crippen LogP) is 5.79. The predicted molar refractivity (Wildman–Crippen MR) is 132 cm³/mol. The average molecular weight is 439 g/mol. The summed E-state index contributed by atoms with van der Waals surface area (Å²) in [6, 6.07) is 29.9. The highest BCUT2D eigenvalue weighted by atomic mass is 16.5. The van der Waals surface area contributed by atoms with Gasteiger partial charge in [0.05, 0.1) is 17.8 Å². The van der Waals surface area contributed by atoms with Crippen LogP contribution in [-0.2, 0) is 0 Å². The van der Waals surface area contributed by atoms with Crippen LogP contribution in [0, 0.1) is 0 Å². The van der Waals surface area contributed by atoms with Gasteiger partial charge in [0.25, 0.3) is 0 Å². The van der Waals surface area contributed by atoms with E-state index in [-0.39, 0.29) is 17.7 Å². The van der Waals surface area contributed by atoms with Gasteiger partial charge in [-0.25, -0.2) is 4.79 Å². The third-order valence-electron chi connectivity index (χ3n) is 6.18. The molecule has 0 fully saturated rings. The zero-order valence-electron chi connectivity index (χ0n) is 18.4. The summed E-state index contributed by atoms with van der Waals surface area (Å²) in [5.74, 6) is -0.130. The Balaban J connectivity index is 1.37. The number of anilines is 2. The third kappa shape index (κ3) is 4.28. The topological polar surface area (TPSA) is 61.8 Å². The lowest BCUT2D eigenvalue weighted by molar-refractivity contribution is 0.0697. The number of carbonyl (C=O) groups is 1. The van der Waals surface area contributed by atoms with Crippen LogP contribution in [0.15, 0.2) is 91.0 Å². The highest BCUT2D eigenvalue weighted by molar-refractivity contribution is 5.89. The highest BCUT2D eigenvalue weighted by Gasteiger charge is 2.27. The van der Waals surface area contributed by atoms with Gasteiger partial charge in [-0.3, -0.25) is 0 Å². The van der Waals surface area contributed by atoms with E-state index in [0.29, 0.717) is 13.1 Å². The van der Waals surface area contributed by atoms with E-state index in [1.165, 1.54) is 16.3 Å². The summed E-state index contributed by atoms with van der Waals surface area (Å²) in [5, 5.41) is 15.6. The largest absolute Gasteiger partial charge is 0.485 e. The molecule has 1 unspecified atom stereocenters. The van der Waals surface area contributed by atoms with Crippen molar-refractivity contribution < 1.29 is 14.6 Å². The van der Waals surface area contributed by atoms with Gasteiger partial charge in [-0.1, -0.05) is 60.7 Å². The van der Waals surface area contributed by atoms with Gasteiger partial charge in [0, 0.05) is 18.3 Å². The number of carboxylic acid groups (broad SMARTS) is 1. The molecule has 0 saturated heterocycles. The SMILES string of the molecule is C[C@@H](NCC1CN(c2cccc(C(=O)O)c2)c2ccccc2O1)c1cccc2ccccc12. The van der Waals surface area contributed by atoms with E-state index < -0.39 is 5.97 Å². The Kier molecular flexibility index (Phi) is 5.71. The Hall–Kier alpha value is -3.83. The van der Waals surface area contributed by atoms with Gasteiger partial charge in [0.2, 0.25) is 0 Å². The molecule has 1 aliphatic heterocycles. The zero-order chi connectivity index (χ0) is 22.8. The van der Waals surface area contributed by atoms with Gasteiger partial charge < -0.3 is 20.1 Å². The number of rotatable bonds is 6. The van der Waals surface area contributed by atoms with E-state index in [0.717, 1.165) is 17.1 Å². The molecule has 0 amide bonds. The lowest BCUT2D eigenvalue weighted by atomic mass is 9.99. The third-order valence-corrected chi connectivity index (χ3v) is 6.18. The molecule has 5 rings (SSSR count). The minimum Gasteiger partial charge on any atom is -0.485 e. The van der Waals surface area contributed by atoms with Crippen molar-refractivity contribution in [1.29, 1.82) is 0 Å². The van der Waals surface area contributed by atoms with Crippen molar-refractivity contribution in [3.8, 4) is 5.75 Å². The van der Waals surface area contributed by atoms with E-state index in [1.807, 2.05) is 30.3 Å². The molecule has 2 atom stereocenters. The molecular weight excluding hydrogens is 412 g/mol. The second-order valence-electron chi connectivity index (χ2n) is 8.37. The average Bonchev–Trinajstić information content (AvgIpc) is 2.86. The fraction of sp³-hybridized carbons (Fsp3) is 0.179. The molecule has 0 radical (unpaired) electrons. The standard InChI is InChI=1S/C28H26N2O3/c1-19(24-13-7-9-20-8-2-3-12-25(20)24)29-17-23-18-30(26-14-4-5-15-27(26)33-23)22-11-6-10-21(16-22)28(31)32/h2-16,19,23,29H,17-18H2,1H3,(H,31,32)/t19-,23?/m1/s1. The fourth-order valence-corrected chi connectivity index (χ4v) is 4.50. The highest BCUT2D eigenvalue weighted by Crippen LogP contribution is 2.38. The van der Waals surface area contributed by atoms with Gasteiger partial charge in [0.15, 0.2) is 0 Å². The van der Waals surface area contributed by atoms with Crippen LogP contribution in [0.5, 0.6) is 5.75 Å². The second-order valence-corrected chi connectivity index (χ2v) is 8.37. The molecule has 0 bridgehead atoms. The minimum atomic E-state index is -0.930. The Labute approximate surface area is 193 Å². The maximum absolute atomic E-state index is 11.5. The van der Waals surface area contributed by atoms with Gasteiger partial charge in [-0.2, -0.15) is 0 Å². The van der Waals surface area contributed by atoms with Crippen LogP contribution >= 0.6 is 0 Å². The van der Waals surface area contributed by atoms with E-state index in [1.54, 1.807) is 18.2 Å². The number of benzene rings is 4. The molecular formula is C28H26N2O3. The van der Waals surface area contributed by atoms with E-state index >= 15 is 0 Å². The maximum Gasteiger partial charge on any atom is 0.335 e. The molecule has 0 aliphatic carbocycles. The number of hydrogen-bond donors (Lipinski definition) is 2. The monoisotopic (exact) mass is 438 g/mol. The van der Waals surface area contributed by atoms with E-state index in [9.17, 15) is 9.90 Å². The molecule has 0 aromatic heterocycles. The number of aromatic carboxylic acids is 1. The smallest absolute Gasteiger partial charge is 0.335 e. The fourth-order valence-electron chi connectivity index (χ4n) is 4.50. The number of carboxylic acids is 1. The maximum atomic E-state index is 11.5. The molecule has 4 aromatic carbocycles. The van der Waals surface area contributed by atoms with Gasteiger partial charge in [0.1, 0.15) is 11.9 Å². The first-order chi connectivity index (χ1) is 16.1. The number of fused-ring (bicyclic) bond motifs is 2. The van der Waals surface area contributed by atoms with Gasteiger partial charge >= 0.3 is 5.97 Å². The quantitative estimate of drug-likeness (QED) is 0.399. The van der Waals surface area contributed by atoms with Crippen LogP contribution in [0.2, 0.25) is 0 Å². The van der Waals surface area contributed by atoms with Crippen molar-refractivity contribution in [2.24, 2.45) is 0 Å². The Bertz CT molecular complexity index is 1300. The Morgan fingerprint density at radius 1 is 1.03 bits per heavy atom. The summed E-state index contributed by atoms with van der Waals surface area (Å²) in [6.45, 7) is 3.45. The van der Waals surface area contributed by atoms with Crippen molar-refractivity contribution in [3.05, 3.63) is 102 Å². The number of para-hydroxylation sites is 2. The molecule has 0 saturated carbocycles. The number of nitrogens with one attached hydrogen (secondary N) is 1. The van der Waals surface area contributed by atoms with Crippen LogP contribution in [-0.4, -0.2) is 30.3 Å². The number of hydrogen-bond acceptors (Lipinski definition) is 4. The van der Waals surface area contributed by atoms with Crippen molar-refractivity contribution >= 4 is 28.1 Å². The summed E-state index contributed by atoms with van der Waals surface area (Å²) < 4.78 is 6.31. The van der Waals surface area contributed by atoms with Gasteiger partial charge in [-0.15, -0.1) is 0 Å². The summed E-state index contributed by atoms with van der Waals surface area (Å²) in [6.07, 6.45) is -0.0918. The molecule has 0 spiro atoms. The second kappa shape index (κ2) is 8.96. The van der Waals surface area contributed by atoms with E-state index in [4.69, 9.17) is 4.74 Å². The van der Waals surface area contributed by atoms with Crippen molar-refractivity contribution in [3.63, 3.8) is 0 Å². The van der Waals surface area contributed by atoms with Crippen molar-refractivity contribution in [1.82, 2.24) is 5.32 Å². The first-order valence-corrected chi connectivity index (χ1v) is 11.2. The van der Waals surface area contributed by atoms with Crippen LogP contribution in [0.4, 0.5) is 11.4 Å². The molecule has 5 nitrogen and oxygen atoms in total. The molecule has 33 heavy (non-hydrogen) atoms. The van der Waals surface area contributed by atoms with E-state index in [2.05, 4.69) is 59.6 Å². The molecule has 2 N–H and O–H groups in total. The minimum absolute atomic E-state index is 0.0918. The number of nitrogens with zero attached hydrogens (tertiary/aromatic N) is 1. The Morgan fingerprint density at radius 2 is 1.79 bits per heavy atom.